The Morgan fingerprint density at radius 1 is 1.50 bits per heavy atom. The van der Waals surface area contributed by atoms with Crippen molar-refractivity contribution in [1.29, 1.82) is 0 Å². The fourth-order valence-corrected chi connectivity index (χ4v) is 4.07. The van der Waals surface area contributed by atoms with E-state index in [9.17, 15) is 0 Å². The largest absolute Gasteiger partial charge is 0.377 e. The molecule has 1 aliphatic carbocycles. The summed E-state index contributed by atoms with van der Waals surface area (Å²) in [5.41, 5.74) is 1.43. The molecule has 2 aliphatic rings. The van der Waals surface area contributed by atoms with Gasteiger partial charge in [-0.25, -0.2) is 0 Å². The van der Waals surface area contributed by atoms with E-state index in [1.807, 2.05) is 0 Å². The van der Waals surface area contributed by atoms with Crippen molar-refractivity contribution in [1.82, 2.24) is 5.32 Å². The highest BCUT2D eigenvalue weighted by atomic mass is 35.5. The van der Waals surface area contributed by atoms with E-state index in [2.05, 4.69) is 18.3 Å². The Morgan fingerprint density at radius 3 is 3.12 bits per heavy atom. The lowest BCUT2D eigenvalue weighted by Gasteiger charge is -2.21. The van der Waals surface area contributed by atoms with E-state index in [1.54, 1.807) is 11.3 Å². The van der Waals surface area contributed by atoms with Crippen LogP contribution in [0, 0.1) is 0 Å². The Kier molecular flexibility index (Phi) is 2.96. The first-order valence-corrected chi connectivity index (χ1v) is 7.09. The predicted molar refractivity (Wildman–Crippen MR) is 67.3 cm³/mol. The quantitative estimate of drug-likeness (QED) is 0.879. The predicted octanol–water partition coefficient (Wildman–Crippen LogP) is 3.16. The van der Waals surface area contributed by atoms with Gasteiger partial charge in [-0.3, -0.25) is 0 Å². The van der Waals surface area contributed by atoms with E-state index in [4.69, 9.17) is 16.3 Å². The van der Waals surface area contributed by atoms with E-state index in [0.29, 0.717) is 18.2 Å². The molecule has 4 heteroatoms. The highest BCUT2D eigenvalue weighted by Gasteiger charge is 2.31. The summed E-state index contributed by atoms with van der Waals surface area (Å²) in [6.07, 6.45) is 3.86. The second-order valence-corrected chi connectivity index (χ2v) is 6.43. The van der Waals surface area contributed by atoms with Crippen LogP contribution in [0.25, 0.3) is 0 Å². The molecule has 3 rings (SSSR count). The van der Waals surface area contributed by atoms with Crippen molar-refractivity contribution in [2.75, 3.05) is 6.61 Å². The second-order valence-electron chi connectivity index (χ2n) is 4.66. The van der Waals surface area contributed by atoms with Crippen molar-refractivity contribution in [3.8, 4) is 0 Å². The third kappa shape index (κ3) is 1.90. The molecule has 2 nitrogen and oxygen atoms in total. The Bertz CT molecular complexity index is 392. The molecule has 16 heavy (non-hydrogen) atoms. The summed E-state index contributed by atoms with van der Waals surface area (Å²) in [5, 5.41) is 3.72. The van der Waals surface area contributed by atoms with Crippen molar-refractivity contribution in [2.45, 2.75) is 44.4 Å². The SMILES string of the molecule is CC1OCCC1NC1CCc2sc(Cl)cc21. The Balaban J connectivity index is 1.72. The number of aryl methyl sites for hydroxylation is 1. The molecule has 2 heterocycles. The fraction of sp³-hybridized carbons (Fsp3) is 0.667. The van der Waals surface area contributed by atoms with Gasteiger partial charge in [0.25, 0.3) is 0 Å². The molecule has 3 unspecified atom stereocenters. The first-order chi connectivity index (χ1) is 7.74. The fourth-order valence-electron chi connectivity index (χ4n) is 2.71. The summed E-state index contributed by atoms with van der Waals surface area (Å²) in [6, 6.07) is 3.13. The third-order valence-corrected chi connectivity index (χ3v) is 4.98. The van der Waals surface area contributed by atoms with Crippen LogP contribution in [0.5, 0.6) is 0 Å². The average molecular weight is 258 g/mol. The first-order valence-electron chi connectivity index (χ1n) is 5.90. The molecule has 1 fully saturated rings. The normalized spacial score (nSPS) is 33.2. The molecular formula is C12H16ClNOS. The second kappa shape index (κ2) is 4.30. The van der Waals surface area contributed by atoms with Gasteiger partial charge in [-0.05, 0) is 37.8 Å². The number of fused-ring (bicyclic) bond motifs is 1. The van der Waals surface area contributed by atoms with E-state index in [1.165, 1.54) is 23.3 Å². The highest BCUT2D eigenvalue weighted by molar-refractivity contribution is 7.16. The van der Waals surface area contributed by atoms with Crippen molar-refractivity contribution >= 4 is 22.9 Å². The van der Waals surface area contributed by atoms with Gasteiger partial charge in [0.2, 0.25) is 0 Å². The van der Waals surface area contributed by atoms with Gasteiger partial charge in [-0.2, -0.15) is 0 Å². The monoisotopic (exact) mass is 257 g/mol. The van der Waals surface area contributed by atoms with E-state index < -0.39 is 0 Å². The van der Waals surface area contributed by atoms with Gasteiger partial charge >= 0.3 is 0 Å². The number of halogens is 1. The Hall–Kier alpha value is -0.0900. The zero-order valence-electron chi connectivity index (χ0n) is 9.33. The number of rotatable bonds is 2. The zero-order chi connectivity index (χ0) is 11.1. The molecule has 1 aromatic heterocycles. The van der Waals surface area contributed by atoms with Gasteiger partial charge in [0.15, 0.2) is 0 Å². The van der Waals surface area contributed by atoms with Crippen LogP contribution in [-0.4, -0.2) is 18.8 Å². The first kappa shape index (κ1) is 11.0. The van der Waals surface area contributed by atoms with E-state index in [-0.39, 0.29) is 0 Å². The topological polar surface area (TPSA) is 21.3 Å². The number of hydrogen-bond acceptors (Lipinski definition) is 3. The van der Waals surface area contributed by atoms with Crippen LogP contribution in [0.3, 0.4) is 0 Å². The number of hydrogen-bond donors (Lipinski definition) is 1. The molecule has 0 bridgehead atoms. The lowest BCUT2D eigenvalue weighted by molar-refractivity contribution is 0.111. The number of nitrogens with one attached hydrogen (secondary N) is 1. The van der Waals surface area contributed by atoms with Gasteiger partial charge in [0, 0.05) is 23.6 Å². The summed E-state index contributed by atoms with van der Waals surface area (Å²) in [5.74, 6) is 0. The molecular weight excluding hydrogens is 242 g/mol. The zero-order valence-corrected chi connectivity index (χ0v) is 10.9. The molecule has 0 amide bonds. The van der Waals surface area contributed by atoms with Crippen LogP contribution in [0.15, 0.2) is 6.07 Å². The molecule has 1 N–H and O–H groups in total. The molecule has 0 spiro atoms. The molecule has 3 atom stereocenters. The molecule has 0 saturated carbocycles. The lowest BCUT2D eigenvalue weighted by atomic mass is 10.1. The van der Waals surface area contributed by atoms with Crippen molar-refractivity contribution in [3.05, 3.63) is 20.8 Å². The van der Waals surface area contributed by atoms with Crippen LogP contribution < -0.4 is 5.32 Å². The minimum atomic E-state index is 0.346. The van der Waals surface area contributed by atoms with Crippen molar-refractivity contribution in [2.24, 2.45) is 0 Å². The summed E-state index contributed by atoms with van der Waals surface area (Å²) in [7, 11) is 0. The van der Waals surface area contributed by atoms with Crippen molar-refractivity contribution in [3.63, 3.8) is 0 Å². The van der Waals surface area contributed by atoms with Crippen LogP contribution in [-0.2, 0) is 11.2 Å². The minimum absolute atomic E-state index is 0.346. The third-order valence-electron chi connectivity index (χ3n) is 3.64. The molecule has 1 aliphatic heterocycles. The number of ether oxygens (including phenoxy) is 1. The van der Waals surface area contributed by atoms with Crippen LogP contribution in [0.4, 0.5) is 0 Å². The van der Waals surface area contributed by atoms with E-state index >= 15 is 0 Å². The molecule has 88 valence electrons. The van der Waals surface area contributed by atoms with E-state index in [0.717, 1.165) is 17.4 Å². The molecule has 1 aromatic rings. The van der Waals surface area contributed by atoms with Gasteiger partial charge < -0.3 is 10.1 Å². The van der Waals surface area contributed by atoms with Crippen LogP contribution in [0.1, 0.15) is 36.2 Å². The molecule has 0 radical (unpaired) electrons. The van der Waals surface area contributed by atoms with Gasteiger partial charge in [-0.15, -0.1) is 11.3 Å². The Labute approximate surface area is 105 Å². The minimum Gasteiger partial charge on any atom is -0.377 e. The van der Waals surface area contributed by atoms with Crippen molar-refractivity contribution < 1.29 is 4.74 Å². The summed E-state index contributed by atoms with van der Waals surface area (Å²) < 4.78 is 6.51. The molecule has 0 aromatic carbocycles. The highest BCUT2D eigenvalue weighted by Crippen LogP contribution is 2.39. The Morgan fingerprint density at radius 2 is 2.38 bits per heavy atom. The maximum absolute atomic E-state index is 6.06. The summed E-state index contributed by atoms with van der Waals surface area (Å²) >= 11 is 7.79. The lowest BCUT2D eigenvalue weighted by Crippen LogP contribution is -2.36. The summed E-state index contributed by atoms with van der Waals surface area (Å²) in [4.78, 5) is 1.47. The summed E-state index contributed by atoms with van der Waals surface area (Å²) in [6.45, 7) is 3.05. The maximum Gasteiger partial charge on any atom is 0.0934 e. The maximum atomic E-state index is 6.06. The van der Waals surface area contributed by atoms with Gasteiger partial charge in [0.1, 0.15) is 0 Å². The van der Waals surface area contributed by atoms with Crippen LogP contribution in [0.2, 0.25) is 4.34 Å². The van der Waals surface area contributed by atoms with Gasteiger partial charge in [0.05, 0.1) is 10.4 Å². The smallest absolute Gasteiger partial charge is 0.0934 e. The average Bonchev–Trinajstić information content (AvgIpc) is 2.87. The standard InChI is InChI=1S/C12H16ClNOS/c1-7-9(4-5-15-7)14-10-2-3-11-8(10)6-12(13)16-11/h6-7,9-10,14H,2-5H2,1H3. The number of thiophene rings is 1. The molecule has 1 saturated heterocycles. The van der Waals surface area contributed by atoms with Crippen LogP contribution >= 0.6 is 22.9 Å². The van der Waals surface area contributed by atoms with Gasteiger partial charge in [-0.1, -0.05) is 11.6 Å².